The molecule has 144 valence electrons. The molecule has 28 heavy (non-hydrogen) atoms. The number of amides is 1. The molecule has 0 aliphatic rings. The van der Waals surface area contributed by atoms with Gasteiger partial charge in [-0.1, -0.05) is 11.6 Å². The molecule has 1 heterocycles. The van der Waals surface area contributed by atoms with E-state index in [9.17, 15) is 24.8 Å². The number of nitro groups is 1. The number of fused-ring (bicyclic) bond motifs is 1. The van der Waals surface area contributed by atoms with Crippen LogP contribution in [-0.4, -0.2) is 28.5 Å². The minimum Gasteiger partial charge on any atom is -0.508 e. The fourth-order valence-corrected chi connectivity index (χ4v) is 2.68. The second-order valence-electron chi connectivity index (χ2n) is 5.75. The zero-order chi connectivity index (χ0) is 20.3. The first-order valence-electron chi connectivity index (χ1n) is 7.92. The van der Waals surface area contributed by atoms with Crippen molar-refractivity contribution < 1.29 is 28.8 Å². The maximum Gasteiger partial charge on any atom is 0.310 e. The lowest BCUT2D eigenvalue weighted by Crippen LogP contribution is -2.21. The summed E-state index contributed by atoms with van der Waals surface area (Å²) in [4.78, 5) is 34.0. The number of aromatic hydroxyl groups is 1. The summed E-state index contributed by atoms with van der Waals surface area (Å²) in [6, 6.07) is 8.27. The minimum absolute atomic E-state index is 0.0371. The van der Waals surface area contributed by atoms with Gasteiger partial charge in [-0.3, -0.25) is 19.7 Å². The predicted molar refractivity (Wildman–Crippen MR) is 99.3 cm³/mol. The Morgan fingerprint density at radius 1 is 1.25 bits per heavy atom. The van der Waals surface area contributed by atoms with Gasteiger partial charge in [0, 0.05) is 28.8 Å². The smallest absolute Gasteiger partial charge is 0.310 e. The van der Waals surface area contributed by atoms with Gasteiger partial charge in [-0.15, -0.1) is 0 Å². The average Bonchev–Trinajstić information content (AvgIpc) is 3.03. The zero-order valence-electron chi connectivity index (χ0n) is 14.2. The largest absolute Gasteiger partial charge is 0.508 e. The van der Waals surface area contributed by atoms with Crippen LogP contribution < -0.4 is 5.32 Å². The van der Waals surface area contributed by atoms with Gasteiger partial charge in [0.2, 0.25) is 0 Å². The summed E-state index contributed by atoms with van der Waals surface area (Å²) < 4.78 is 10.2. The van der Waals surface area contributed by atoms with Gasteiger partial charge in [-0.2, -0.15) is 0 Å². The van der Waals surface area contributed by atoms with Crippen LogP contribution in [0.15, 0.2) is 47.1 Å². The lowest BCUT2D eigenvalue weighted by Gasteiger charge is -2.07. The number of anilines is 1. The molecular formula is C18H13ClN2O7. The zero-order valence-corrected chi connectivity index (χ0v) is 14.9. The van der Waals surface area contributed by atoms with Crippen LogP contribution in [0.4, 0.5) is 11.4 Å². The van der Waals surface area contributed by atoms with E-state index in [1.165, 1.54) is 30.5 Å². The molecule has 0 aliphatic heterocycles. The number of nitro benzene ring substituents is 1. The van der Waals surface area contributed by atoms with Crippen molar-refractivity contribution in [2.45, 2.75) is 6.42 Å². The van der Waals surface area contributed by atoms with Gasteiger partial charge in [0.15, 0.2) is 6.61 Å². The van der Waals surface area contributed by atoms with Crippen molar-refractivity contribution in [3.63, 3.8) is 0 Å². The first-order valence-corrected chi connectivity index (χ1v) is 8.30. The van der Waals surface area contributed by atoms with Gasteiger partial charge < -0.3 is 19.6 Å². The molecule has 0 aliphatic carbocycles. The van der Waals surface area contributed by atoms with E-state index in [-0.39, 0.29) is 28.6 Å². The lowest BCUT2D eigenvalue weighted by molar-refractivity contribution is -0.384. The molecule has 3 rings (SSSR count). The van der Waals surface area contributed by atoms with E-state index in [4.69, 9.17) is 20.8 Å². The normalized spacial score (nSPS) is 10.6. The van der Waals surface area contributed by atoms with Crippen molar-refractivity contribution in [3.05, 3.63) is 63.4 Å². The van der Waals surface area contributed by atoms with Crippen LogP contribution in [0, 0.1) is 10.1 Å². The number of nitrogens with one attached hydrogen (secondary N) is 1. The Hall–Kier alpha value is -3.59. The van der Waals surface area contributed by atoms with Gasteiger partial charge in [0.05, 0.1) is 17.6 Å². The van der Waals surface area contributed by atoms with E-state index < -0.39 is 23.4 Å². The summed E-state index contributed by atoms with van der Waals surface area (Å²) in [5.74, 6) is -1.28. The number of phenolic OH excluding ortho intramolecular Hbond substituents is 1. The number of rotatable bonds is 6. The third-order valence-corrected chi connectivity index (χ3v) is 4.08. The Labute approximate surface area is 162 Å². The predicted octanol–water partition coefficient (Wildman–Crippen LogP) is 3.42. The number of halogens is 1. The maximum atomic E-state index is 12.0. The highest BCUT2D eigenvalue weighted by molar-refractivity contribution is 6.32. The van der Waals surface area contributed by atoms with E-state index in [2.05, 4.69) is 5.32 Å². The Balaban J connectivity index is 1.56. The van der Waals surface area contributed by atoms with Gasteiger partial charge in [-0.05, 0) is 24.3 Å². The monoisotopic (exact) mass is 404 g/mol. The van der Waals surface area contributed by atoms with Crippen molar-refractivity contribution >= 4 is 45.8 Å². The number of esters is 1. The van der Waals surface area contributed by atoms with Crippen LogP contribution in [0.25, 0.3) is 11.0 Å². The third-order valence-electron chi connectivity index (χ3n) is 3.76. The molecule has 1 amide bonds. The molecule has 0 fully saturated rings. The summed E-state index contributed by atoms with van der Waals surface area (Å²) in [5, 5.41) is 23.2. The fraction of sp³-hybridized carbons (Fsp3) is 0.111. The number of hydrogen-bond donors (Lipinski definition) is 2. The van der Waals surface area contributed by atoms with Crippen molar-refractivity contribution in [1.82, 2.24) is 0 Å². The Morgan fingerprint density at radius 2 is 2.04 bits per heavy atom. The van der Waals surface area contributed by atoms with Crippen LogP contribution in [-0.2, 0) is 20.7 Å². The lowest BCUT2D eigenvalue weighted by atomic mass is 10.1. The molecule has 0 saturated heterocycles. The highest BCUT2D eigenvalue weighted by atomic mass is 35.5. The summed E-state index contributed by atoms with van der Waals surface area (Å²) in [6.45, 7) is -0.564. The molecule has 0 bridgehead atoms. The van der Waals surface area contributed by atoms with E-state index in [0.29, 0.717) is 16.5 Å². The third kappa shape index (κ3) is 4.38. The molecule has 3 aromatic rings. The number of hydrogen-bond acceptors (Lipinski definition) is 7. The van der Waals surface area contributed by atoms with Gasteiger partial charge >= 0.3 is 5.97 Å². The topological polar surface area (TPSA) is 132 Å². The molecule has 0 radical (unpaired) electrons. The standard InChI is InChI=1S/C18H13ClN2O7/c19-14-4-1-11(6-15(14)21(25)26)20-17(23)9-28-18(24)5-10-8-27-16-7-12(22)2-3-13(10)16/h1-4,6-8,22H,5,9H2,(H,20,23). The van der Waals surface area contributed by atoms with E-state index in [1.54, 1.807) is 6.07 Å². The second-order valence-corrected chi connectivity index (χ2v) is 6.16. The molecular weight excluding hydrogens is 392 g/mol. The number of furan rings is 1. The second kappa shape index (κ2) is 7.97. The van der Waals surface area contributed by atoms with Crippen molar-refractivity contribution in [3.8, 4) is 5.75 Å². The van der Waals surface area contributed by atoms with Gasteiger partial charge in [-0.25, -0.2) is 0 Å². The average molecular weight is 405 g/mol. The van der Waals surface area contributed by atoms with Gasteiger partial charge in [0.25, 0.3) is 11.6 Å². The molecule has 0 atom stereocenters. The number of carbonyl (C=O) groups excluding carboxylic acids is 2. The molecule has 2 N–H and O–H groups in total. The first-order chi connectivity index (χ1) is 13.3. The molecule has 2 aromatic carbocycles. The summed E-state index contributed by atoms with van der Waals surface area (Å²) in [5.41, 5.74) is 0.769. The van der Waals surface area contributed by atoms with Crippen molar-refractivity contribution in [2.24, 2.45) is 0 Å². The highest BCUT2D eigenvalue weighted by Crippen LogP contribution is 2.27. The molecule has 9 nitrogen and oxygen atoms in total. The molecule has 10 heteroatoms. The van der Waals surface area contributed by atoms with Crippen LogP contribution in [0.2, 0.25) is 5.02 Å². The van der Waals surface area contributed by atoms with Crippen LogP contribution in [0.5, 0.6) is 5.75 Å². The molecule has 1 aromatic heterocycles. The van der Waals surface area contributed by atoms with Gasteiger partial charge in [0.1, 0.15) is 16.4 Å². The number of benzene rings is 2. The quantitative estimate of drug-likeness (QED) is 0.365. The minimum atomic E-state index is -0.674. The van der Waals surface area contributed by atoms with Crippen LogP contribution in [0.3, 0.4) is 0 Å². The Kier molecular flexibility index (Phi) is 5.46. The summed E-state index contributed by atoms with van der Waals surface area (Å²) in [7, 11) is 0. The highest BCUT2D eigenvalue weighted by Gasteiger charge is 2.16. The van der Waals surface area contributed by atoms with E-state index >= 15 is 0 Å². The number of phenols is 1. The van der Waals surface area contributed by atoms with Crippen LogP contribution in [0.1, 0.15) is 5.56 Å². The molecule has 0 saturated carbocycles. The summed E-state index contributed by atoms with van der Waals surface area (Å²) in [6.07, 6.45) is 1.25. The summed E-state index contributed by atoms with van der Waals surface area (Å²) >= 11 is 5.70. The fourth-order valence-electron chi connectivity index (χ4n) is 2.49. The number of ether oxygens (including phenoxy) is 1. The SMILES string of the molecule is O=C(COC(=O)Cc1coc2cc(O)ccc12)Nc1ccc(Cl)c([N+](=O)[O-])c1. The Bertz CT molecular complexity index is 1080. The van der Waals surface area contributed by atoms with Crippen LogP contribution >= 0.6 is 11.6 Å². The van der Waals surface area contributed by atoms with Crippen molar-refractivity contribution in [2.75, 3.05) is 11.9 Å². The first kappa shape index (κ1) is 19.2. The van der Waals surface area contributed by atoms with E-state index in [1.807, 2.05) is 0 Å². The van der Waals surface area contributed by atoms with Crippen molar-refractivity contribution in [1.29, 1.82) is 0 Å². The number of carbonyl (C=O) groups is 2. The maximum absolute atomic E-state index is 12.0. The molecule has 0 unspecified atom stereocenters. The van der Waals surface area contributed by atoms with E-state index in [0.717, 1.165) is 6.07 Å². The number of nitrogens with zero attached hydrogens (tertiary/aromatic N) is 1. The molecule has 0 spiro atoms. The Morgan fingerprint density at radius 3 is 2.79 bits per heavy atom.